The fourth-order valence-electron chi connectivity index (χ4n) is 1.73. The van der Waals surface area contributed by atoms with Crippen LogP contribution in [0.2, 0.25) is 0 Å². The number of rotatable bonds is 3. The van der Waals surface area contributed by atoms with E-state index >= 15 is 0 Å². The van der Waals surface area contributed by atoms with Crippen LogP contribution in [0.1, 0.15) is 11.1 Å². The molecule has 0 saturated carbocycles. The van der Waals surface area contributed by atoms with E-state index in [9.17, 15) is 8.78 Å². The van der Waals surface area contributed by atoms with Gasteiger partial charge in [0.05, 0.1) is 6.20 Å². The van der Waals surface area contributed by atoms with Crippen molar-refractivity contribution in [2.45, 2.75) is 5.67 Å². The fraction of sp³-hybridized carbons (Fsp3) is 0.154. The van der Waals surface area contributed by atoms with Gasteiger partial charge in [-0.2, -0.15) is 0 Å². The third-order valence-electron chi connectivity index (χ3n) is 2.68. The Balaban J connectivity index is 2.52. The molecule has 0 radical (unpaired) electrons. The lowest BCUT2D eigenvalue weighted by Crippen LogP contribution is -2.31. The molecule has 1 aromatic heterocycles. The van der Waals surface area contributed by atoms with E-state index in [1.165, 1.54) is 6.20 Å². The molecule has 1 atom stereocenters. The molecule has 0 aliphatic rings. The summed E-state index contributed by atoms with van der Waals surface area (Å²) in [5, 5.41) is 0. The number of aromatic nitrogens is 1. The van der Waals surface area contributed by atoms with Gasteiger partial charge in [0.2, 0.25) is 0 Å². The molecule has 2 N–H and O–H groups in total. The van der Waals surface area contributed by atoms with Crippen LogP contribution < -0.4 is 5.73 Å². The van der Waals surface area contributed by atoms with Crippen LogP contribution in [0.25, 0.3) is 0 Å². The van der Waals surface area contributed by atoms with Gasteiger partial charge in [-0.15, -0.1) is 0 Å². The van der Waals surface area contributed by atoms with Crippen molar-refractivity contribution in [2.75, 3.05) is 6.54 Å². The highest BCUT2D eigenvalue weighted by Crippen LogP contribution is 2.32. The average Bonchev–Trinajstić information content (AvgIpc) is 2.39. The maximum Gasteiger partial charge on any atom is 0.174 e. The molecule has 2 nitrogen and oxygen atoms in total. The molecule has 0 aliphatic carbocycles. The Morgan fingerprint density at radius 2 is 1.82 bits per heavy atom. The van der Waals surface area contributed by atoms with Crippen LogP contribution in [-0.2, 0) is 5.67 Å². The fourth-order valence-corrected chi connectivity index (χ4v) is 1.73. The van der Waals surface area contributed by atoms with E-state index in [1.807, 2.05) is 0 Å². The molecule has 4 heteroatoms. The Morgan fingerprint density at radius 3 is 2.41 bits per heavy atom. The van der Waals surface area contributed by atoms with Crippen molar-refractivity contribution in [1.82, 2.24) is 4.98 Å². The molecule has 2 rings (SSSR count). The van der Waals surface area contributed by atoms with Gasteiger partial charge in [-0.25, -0.2) is 8.78 Å². The number of hydrogen-bond donors (Lipinski definition) is 1. The summed E-state index contributed by atoms with van der Waals surface area (Å²) >= 11 is 0. The summed E-state index contributed by atoms with van der Waals surface area (Å²) in [7, 11) is 0. The van der Waals surface area contributed by atoms with Crippen molar-refractivity contribution >= 4 is 0 Å². The highest BCUT2D eigenvalue weighted by molar-refractivity contribution is 5.35. The van der Waals surface area contributed by atoms with E-state index in [-0.39, 0.29) is 12.1 Å². The first kappa shape index (κ1) is 11.7. The minimum absolute atomic E-state index is 0.131. The molecule has 0 aliphatic heterocycles. The zero-order chi connectivity index (χ0) is 12.3. The standard InChI is InChI=1S/C13H12F2N2/c14-12-6-11(7-17-8-12)13(15,9-16)10-4-2-1-3-5-10/h1-8H,9,16H2. The number of benzene rings is 1. The quantitative estimate of drug-likeness (QED) is 0.885. The third-order valence-corrected chi connectivity index (χ3v) is 2.68. The third kappa shape index (κ3) is 2.17. The van der Waals surface area contributed by atoms with E-state index in [0.717, 1.165) is 12.3 Å². The Hall–Kier alpha value is -1.81. The number of nitrogens with zero attached hydrogens (tertiary/aromatic N) is 1. The van der Waals surface area contributed by atoms with Crippen molar-refractivity contribution in [3.05, 3.63) is 65.7 Å². The molecular weight excluding hydrogens is 222 g/mol. The minimum Gasteiger partial charge on any atom is -0.327 e. The van der Waals surface area contributed by atoms with Crippen LogP contribution in [-0.4, -0.2) is 11.5 Å². The Labute approximate surface area is 98.1 Å². The van der Waals surface area contributed by atoms with Gasteiger partial charge in [-0.05, 0) is 11.6 Å². The second kappa shape index (κ2) is 4.59. The summed E-state index contributed by atoms with van der Waals surface area (Å²) < 4.78 is 27.9. The number of halogens is 2. The molecule has 2 aromatic rings. The van der Waals surface area contributed by atoms with Gasteiger partial charge < -0.3 is 5.73 Å². The highest BCUT2D eigenvalue weighted by Gasteiger charge is 2.33. The number of hydrogen-bond acceptors (Lipinski definition) is 2. The van der Waals surface area contributed by atoms with Crippen molar-refractivity contribution in [1.29, 1.82) is 0 Å². The van der Waals surface area contributed by atoms with Gasteiger partial charge >= 0.3 is 0 Å². The first-order valence-corrected chi connectivity index (χ1v) is 5.22. The Morgan fingerprint density at radius 1 is 1.12 bits per heavy atom. The van der Waals surface area contributed by atoms with Gasteiger partial charge in [-0.1, -0.05) is 30.3 Å². The first-order valence-electron chi connectivity index (χ1n) is 5.22. The smallest absolute Gasteiger partial charge is 0.174 e. The first-order chi connectivity index (χ1) is 8.16. The van der Waals surface area contributed by atoms with Crippen molar-refractivity contribution in [2.24, 2.45) is 5.73 Å². The van der Waals surface area contributed by atoms with E-state index in [4.69, 9.17) is 5.73 Å². The summed E-state index contributed by atoms with van der Waals surface area (Å²) in [6.45, 7) is -0.262. The molecule has 17 heavy (non-hydrogen) atoms. The molecule has 0 spiro atoms. The summed E-state index contributed by atoms with van der Waals surface area (Å²) in [6, 6.07) is 9.57. The predicted octanol–water partition coefficient (Wildman–Crippen LogP) is 2.39. The highest BCUT2D eigenvalue weighted by atomic mass is 19.1. The predicted molar refractivity (Wildman–Crippen MR) is 61.6 cm³/mol. The average molecular weight is 234 g/mol. The second-order valence-electron chi connectivity index (χ2n) is 3.76. The van der Waals surface area contributed by atoms with Crippen molar-refractivity contribution in [3.63, 3.8) is 0 Å². The van der Waals surface area contributed by atoms with Crippen LogP contribution in [0, 0.1) is 5.82 Å². The van der Waals surface area contributed by atoms with Crippen molar-refractivity contribution < 1.29 is 8.78 Å². The molecule has 1 unspecified atom stereocenters. The van der Waals surface area contributed by atoms with E-state index in [2.05, 4.69) is 4.98 Å². The Kier molecular flexibility index (Phi) is 3.15. The summed E-state index contributed by atoms with van der Waals surface area (Å²) in [5.74, 6) is -0.575. The minimum atomic E-state index is -1.91. The van der Waals surface area contributed by atoms with Crippen LogP contribution in [0.15, 0.2) is 48.8 Å². The van der Waals surface area contributed by atoms with Gasteiger partial charge in [0.1, 0.15) is 5.82 Å². The summed E-state index contributed by atoms with van der Waals surface area (Å²) in [6.07, 6.45) is 2.33. The molecule has 0 amide bonds. The number of alkyl halides is 1. The number of pyridine rings is 1. The molecule has 1 aromatic carbocycles. The zero-order valence-corrected chi connectivity index (χ0v) is 9.11. The molecular formula is C13H12F2N2. The topological polar surface area (TPSA) is 38.9 Å². The monoisotopic (exact) mass is 234 g/mol. The summed E-state index contributed by atoms with van der Waals surface area (Å²) in [4.78, 5) is 3.65. The van der Waals surface area contributed by atoms with E-state index in [1.54, 1.807) is 30.3 Å². The normalized spacial score (nSPS) is 14.3. The Bertz CT molecular complexity index is 502. The van der Waals surface area contributed by atoms with Gasteiger partial charge in [0.15, 0.2) is 5.67 Å². The van der Waals surface area contributed by atoms with E-state index in [0.29, 0.717) is 5.56 Å². The van der Waals surface area contributed by atoms with Crippen LogP contribution in [0.5, 0.6) is 0 Å². The number of nitrogens with two attached hydrogens (primary N) is 1. The largest absolute Gasteiger partial charge is 0.327 e. The molecule has 88 valence electrons. The zero-order valence-electron chi connectivity index (χ0n) is 9.11. The van der Waals surface area contributed by atoms with Gasteiger partial charge in [0.25, 0.3) is 0 Å². The molecule has 1 heterocycles. The molecule has 0 fully saturated rings. The van der Waals surface area contributed by atoms with Crippen LogP contribution in [0.4, 0.5) is 8.78 Å². The molecule has 0 bridgehead atoms. The second-order valence-corrected chi connectivity index (χ2v) is 3.76. The SMILES string of the molecule is NCC(F)(c1ccccc1)c1cncc(F)c1. The maximum atomic E-state index is 14.8. The maximum absolute atomic E-state index is 14.8. The van der Waals surface area contributed by atoms with Crippen LogP contribution >= 0.6 is 0 Å². The lowest BCUT2D eigenvalue weighted by Gasteiger charge is -2.24. The lowest BCUT2D eigenvalue weighted by molar-refractivity contribution is 0.231. The molecule has 0 saturated heterocycles. The summed E-state index contributed by atoms with van der Waals surface area (Å²) in [5.41, 5.74) is 4.12. The van der Waals surface area contributed by atoms with Crippen LogP contribution in [0.3, 0.4) is 0 Å². The lowest BCUT2D eigenvalue weighted by atomic mass is 9.89. The van der Waals surface area contributed by atoms with Gasteiger partial charge in [0, 0.05) is 18.3 Å². The van der Waals surface area contributed by atoms with Crippen molar-refractivity contribution in [3.8, 4) is 0 Å². The van der Waals surface area contributed by atoms with E-state index < -0.39 is 11.5 Å². The van der Waals surface area contributed by atoms with Gasteiger partial charge in [-0.3, -0.25) is 4.98 Å².